The number of carbonyl (C=O) groups excluding carboxylic acids is 1. The van der Waals surface area contributed by atoms with Crippen molar-refractivity contribution in [1.82, 2.24) is 14.5 Å². The van der Waals surface area contributed by atoms with E-state index >= 15 is 0 Å². The zero-order chi connectivity index (χ0) is 22.1. The number of anilines is 2. The molecule has 0 saturated carbocycles. The summed E-state index contributed by atoms with van der Waals surface area (Å²) in [6, 6.07) is 9.73. The lowest BCUT2D eigenvalue weighted by Gasteiger charge is -2.22. The minimum absolute atomic E-state index is 0.0908. The van der Waals surface area contributed by atoms with Gasteiger partial charge < -0.3 is 10.2 Å². The van der Waals surface area contributed by atoms with Crippen LogP contribution in [0.1, 0.15) is 25.2 Å². The van der Waals surface area contributed by atoms with E-state index in [1.807, 2.05) is 31.2 Å². The van der Waals surface area contributed by atoms with Crippen molar-refractivity contribution in [1.29, 1.82) is 0 Å². The van der Waals surface area contributed by atoms with E-state index in [1.54, 1.807) is 13.1 Å². The lowest BCUT2D eigenvalue weighted by atomic mass is 10.1. The van der Waals surface area contributed by atoms with Crippen LogP contribution in [-0.4, -0.2) is 33.5 Å². The Morgan fingerprint density at radius 3 is 2.68 bits per heavy atom. The highest BCUT2D eigenvalue weighted by atomic mass is 32.1. The van der Waals surface area contributed by atoms with E-state index < -0.39 is 0 Å². The van der Waals surface area contributed by atoms with Gasteiger partial charge in [-0.25, -0.2) is 9.97 Å². The van der Waals surface area contributed by atoms with Gasteiger partial charge in [0.1, 0.15) is 21.9 Å². The molecule has 0 aliphatic carbocycles. The van der Waals surface area contributed by atoms with Crippen molar-refractivity contribution in [3.63, 3.8) is 0 Å². The zero-order valence-electron chi connectivity index (χ0n) is 18.1. The number of hydrogen-bond acceptors (Lipinski definition) is 6. The van der Waals surface area contributed by atoms with E-state index in [2.05, 4.69) is 40.1 Å². The minimum Gasteiger partial charge on any atom is -0.372 e. The number of thiophene rings is 1. The van der Waals surface area contributed by atoms with Gasteiger partial charge in [0.2, 0.25) is 5.91 Å². The van der Waals surface area contributed by atoms with Crippen molar-refractivity contribution < 1.29 is 4.79 Å². The van der Waals surface area contributed by atoms with Crippen LogP contribution >= 0.6 is 11.3 Å². The Morgan fingerprint density at radius 2 is 1.97 bits per heavy atom. The third-order valence-corrected chi connectivity index (χ3v) is 6.55. The van der Waals surface area contributed by atoms with Crippen LogP contribution in [0, 0.1) is 13.8 Å². The van der Waals surface area contributed by atoms with Crippen molar-refractivity contribution in [2.75, 3.05) is 23.3 Å². The summed E-state index contributed by atoms with van der Waals surface area (Å²) in [5.41, 5.74) is 3.28. The lowest BCUT2D eigenvalue weighted by Crippen LogP contribution is -2.30. The fourth-order valence-corrected chi connectivity index (χ4v) is 4.79. The number of benzene rings is 1. The molecule has 0 bridgehead atoms. The van der Waals surface area contributed by atoms with Gasteiger partial charge in [0, 0.05) is 36.0 Å². The van der Waals surface area contributed by atoms with E-state index in [1.165, 1.54) is 15.9 Å². The molecular weight excluding hydrogens is 410 g/mol. The molecule has 4 aromatic rings. The second-order valence-corrected chi connectivity index (χ2v) is 8.40. The van der Waals surface area contributed by atoms with Crippen LogP contribution in [0.3, 0.4) is 0 Å². The van der Waals surface area contributed by atoms with E-state index in [-0.39, 0.29) is 18.0 Å². The third kappa shape index (κ3) is 3.90. The summed E-state index contributed by atoms with van der Waals surface area (Å²) in [7, 11) is 0. The number of pyridine rings is 1. The molecule has 4 rings (SSSR count). The number of hydrogen-bond donors (Lipinski definition) is 1. The van der Waals surface area contributed by atoms with Gasteiger partial charge in [-0.1, -0.05) is 0 Å². The van der Waals surface area contributed by atoms with Crippen LogP contribution in [0.2, 0.25) is 0 Å². The van der Waals surface area contributed by atoms with Gasteiger partial charge in [0.25, 0.3) is 5.56 Å². The van der Waals surface area contributed by atoms with Crippen LogP contribution in [0.15, 0.2) is 41.3 Å². The summed E-state index contributed by atoms with van der Waals surface area (Å²) in [5.74, 6) is 0.245. The Bertz CT molecular complexity index is 1340. The first kappa shape index (κ1) is 21.0. The highest BCUT2D eigenvalue weighted by Crippen LogP contribution is 2.28. The molecule has 7 nitrogen and oxygen atoms in total. The van der Waals surface area contributed by atoms with E-state index in [9.17, 15) is 9.59 Å². The van der Waals surface area contributed by atoms with E-state index in [4.69, 9.17) is 0 Å². The molecule has 0 spiro atoms. The quantitative estimate of drug-likeness (QED) is 0.493. The normalized spacial score (nSPS) is 11.2. The summed E-state index contributed by atoms with van der Waals surface area (Å²) in [6.07, 6.45) is 1.70. The van der Waals surface area contributed by atoms with Gasteiger partial charge in [-0.2, -0.15) is 0 Å². The van der Waals surface area contributed by atoms with Gasteiger partial charge in [0.15, 0.2) is 0 Å². The Kier molecular flexibility index (Phi) is 5.73. The number of amides is 1. The van der Waals surface area contributed by atoms with Gasteiger partial charge >= 0.3 is 0 Å². The van der Waals surface area contributed by atoms with E-state index in [0.29, 0.717) is 16.0 Å². The third-order valence-electron chi connectivity index (χ3n) is 5.46. The largest absolute Gasteiger partial charge is 0.372 e. The standard InChI is InChI=1S/C23H25N5O2S/c1-5-27(6-2)16-9-10-18(14(3)12-16)26-19(29)13-28-15(4)25-20-17-8-7-11-24-22(17)31-21(20)23(28)30/h7-12H,5-6,13H2,1-4H3,(H,26,29). The van der Waals surface area contributed by atoms with Crippen LogP contribution in [-0.2, 0) is 11.3 Å². The highest BCUT2D eigenvalue weighted by Gasteiger charge is 2.17. The van der Waals surface area contributed by atoms with Crippen LogP contribution in [0.5, 0.6) is 0 Å². The first-order valence-corrected chi connectivity index (χ1v) is 11.1. The summed E-state index contributed by atoms with van der Waals surface area (Å²) >= 11 is 1.31. The molecule has 8 heteroatoms. The Morgan fingerprint density at radius 1 is 1.19 bits per heavy atom. The SMILES string of the molecule is CCN(CC)c1ccc(NC(=O)Cn2c(C)nc3c(sc4ncccc43)c2=O)c(C)c1. The Labute approximate surface area is 184 Å². The second-order valence-electron chi connectivity index (χ2n) is 7.41. The number of aryl methyl sites for hydroxylation is 2. The maximum atomic E-state index is 13.1. The Hall–Kier alpha value is -3.26. The Balaban J connectivity index is 1.60. The topological polar surface area (TPSA) is 80.1 Å². The smallest absolute Gasteiger partial charge is 0.272 e. The monoisotopic (exact) mass is 435 g/mol. The number of carbonyl (C=O) groups is 1. The number of nitrogens with zero attached hydrogens (tertiary/aromatic N) is 4. The molecule has 31 heavy (non-hydrogen) atoms. The molecule has 0 radical (unpaired) electrons. The summed E-state index contributed by atoms with van der Waals surface area (Å²) in [4.78, 5) is 37.8. The predicted octanol–water partition coefficient (Wildman–Crippen LogP) is 4.11. The molecule has 160 valence electrons. The van der Waals surface area contributed by atoms with Gasteiger partial charge in [0.05, 0.1) is 5.52 Å². The number of rotatable bonds is 6. The van der Waals surface area contributed by atoms with Crippen molar-refractivity contribution in [2.24, 2.45) is 0 Å². The molecule has 0 fully saturated rings. The second kappa shape index (κ2) is 8.47. The number of fused-ring (bicyclic) bond motifs is 3. The molecule has 3 aromatic heterocycles. The lowest BCUT2D eigenvalue weighted by molar-refractivity contribution is -0.116. The zero-order valence-corrected chi connectivity index (χ0v) is 18.9. The molecule has 0 aliphatic heterocycles. The maximum absolute atomic E-state index is 13.1. The van der Waals surface area contributed by atoms with Crippen molar-refractivity contribution >= 4 is 49.1 Å². The maximum Gasteiger partial charge on any atom is 0.272 e. The molecule has 0 saturated heterocycles. The first-order chi connectivity index (χ1) is 14.9. The highest BCUT2D eigenvalue weighted by molar-refractivity contribution is 7.25. The van der Waals surface area contributed by atoms with Crippen LogP contribution < -0.4 is 15.8 Å². The molecule has 0 aliphatic rings. The van der Waals surface area contributed by atoms with Crippen LogP contribution in [0.25, 0.3) is 20.4 Å². The average Bonchev–Trinajstić information content (AvgIpc) is 3.13. The molecule has 1 amide bonds. The van der Waals surface area contributed by atoms with Gasteiger partial charge in [-0.15, -0.1) is 11.3 Å². The fraction of sp³-hybridized carbons (Fsp3) is 0.304. The fourth-order valence-electron chi connectivity index (χ4n) is 3.76. The molecule has 0 atom stereocenters. The minimum atomic E-state index is -0.260. The van der Waals surface area contributed by atoms with Crippen molar-refractivity contribution in [2.45, 2.75) is 34.2 Å². The van der Waals surface area contributed by atoms with Crippen molar-refractivity contribution in [3.8, 4) is 0 Å². The number of nitrogens with one attached hydrogen (secondary N) is 1. The van der Waals surface area contributed by atoms with Gasteiger partial charge in [-0.05, 0) is 63.6 Å². The average molecular weight is 436 g/mol. The van der Waals surface area contributed by atoms with Crippen LogP contribution in [0.4, 0.5) is 11.4 Å². The molecule has 3 heterocycles. The molecule has 1 aromatic carbocycles. The van der Waals surface area contributed by atoms with Crippen molar-refractivity contribution in [3.05, 3.63) is 58.3 Å². The summed E-state index contributed by atoms with van der Waals surface area (Å²) in [5, 5.41) is 3.80. The summed E-state index contributed by atoms with van der Waals surface area (Å²) in [6.45, 7) is 9.71. The molecular formula is C23H25N5O2S. The predicted molar refractivity (Wildman–Crippen MR) is 127 cm³/mol. The van der Waals surface area contributed by atoms with E-state index in [0.717, 1.165) is 40.2 Å². The molecule has 1 N–H and O–H groups in total. The first-order valence-electron chi connectivity index (χ1n) is 10.3. The van der Waals surface area contributed by atoms with Gasteiger partial charge in [-0.3, -0.25) is 14.2 Å². The summed E-state index contributed by atoms with van der Waals surface area (Å²) < 4.78 is 1.94. The molecule has 0 unspecified atom stereocenters. The number of aromatic nitrogens is 3.